The fourth-order valence-electron chi connectivity index (χ4n) is 1.60. The SMILES string of the molecule is CC(CC(=O)Cc1ccc(Br)cc1F)C(C)(C)C. The molecule has 1 aromatic rings. The van der Waals surface area contributed by atoms with Crippen LogP contribution in [0, 0.1) is 17.2 Å². The number of Topliss-reactive ketones (excluding diaryl/α,β-unsaturated/α-hetero) is 1. The molecule has 0 aromatic heterocycles. The quantitative estimate of drug-likeness (QED) is 0.782. The van der Waals surface area contributed by atoms with Gasteiger partial charge in [-0.25, -0.2) is 4.39 Å². The van der Waals surface area contributed by atoms with Crippen LogP contribution in [0.25, 0.3) is 0 Å². The van der Waals surface area contributed by atoms with Crippen molar-refractivity contribution >= 4 is 21.7 Å². The molecule has 100 valence electrons. The zero-order valence-corrected chi connectivity index (χ0v) is 13.0. The number of hydrogen-bond acceptors (Lipinski definition) is 1. The van der Waals surface area contributed by atoms with E-state index < -0.39 is 0 Å². The Bertz CT molecular complexity index is 435. The summed E-state index contributed by atoms with van der Waals surface area (Å²) < 4.78 is 14.3. The Labute approximate surface area is 117 Å². The maximum atomic E-state index is 13.6. The number of benzene rings is 1. The van der Waals surface area contributed by atoms with E-state index in [-0.39, 0.29) is 23.4 Å². The van der Waals surface area contributed by atoms with Gasteiger partial charge in [-0.3, -0.25) is 4.79 Å². The monoisotopic (exact) mass is 314 g/mol. The highest BCUT2D eigenvalue weighted by molar-refractivity contribution is 9.10. The third-order valence-corrected chi connectivity index (χ3v) is 3.91. The van der Waals surface area contributed by atoms with Crippen molar-refractivity contribution < 1.29 is 9.18 Å². The highest BCUT2D eigenvalue weighted by atomic mass is 79.9. The van der Waals surface area contributed by atoms with Gasteiger partial charge in [0.15, 0.2) is 0 Å². The molecule has 1 nitrogen and oxygen atoms in total. The Morgan fingerprint density at radius 3 is 2.50 bits per heavy atom. The van der Waals surface area contributed by atoms with E-state index in [1.54, 1.807) is 12.1 Å². The van der Waals surface area contributed by atoms with Crippen LogP contribution in [0.4, 0.5) is 4.39 Å². The second kappa shape index (κ2) is 5.96. The zero-order chi connectivity index (χ0) is 13.9. The molecule has 1 aromatic carbocycles. The molecular formula is C15H20BrFO. The fourth-order valence-corrected chi connectivity index (χ4v) is 1.93. The van der Waals surface area contributed by atoms with E-state index in [0.717, 1.165) is 0 Å². The van der Waals surface area contributed by atoms with E-state index >= 15 is 0 Å². The van der Waals surface area contributed by atoms with Crippen molar-refractivity contribution in [3.8, 4) is 0 Å². The van der Waals surface area contributed by atoms with Crippen LogP contribution in [0.3, 0.4) is 0 Å². The van der Waals surface area contributed by atoms with Crippen molar-refractivity contribution in [1.29, 1.82) is 0 Å². The molecule has 0 N–H and O–H groups in total. The van der Waals surface area contributed by atoms with Gasteiger partial charge in [-0.15, -0.1) is 0 Å². The van der Waals surface area contributed by atoms with Crippen LogP contribution < -0.4 is 0 Å². The van der Waals surface area contributed by atoms with Crippen LogP contribution in [-0.2, 0) is 11.2 Å². The lowest BCUT2D eigenvalue weighted by Crippen LogP contribution is -2.21. The van der Waals surface area contributed by atoms with Gasteiger partial charge in [0, 0.05) is 17.3 Å². The highest BCUT2D eigenvalue weighted by Gasteiger charge is 2.22. The van der Waals surface area contributed by atoms with E-state index in [1.807, 2.05) is 0 Å². The zero-order valence-electron chi connectivity index (χ0n) is 11.4. The van der Waals surface area contributed by atoms with Gasteiger partial charge in [-0.1, -0.05) is 49.7 Å². The van der Waals surface area contributed by atoms with Gasteiger partial charge in [0.1, 0.15) is 11.6 Å². The Kier molecular flexibility index (Phi) is 5.09. The molecule has 1 atom stereocenters. The predicted molar refractivity (Wildman–Crippen MR) is 76.0 cm³/mol. The van der Waals surface area contributed by atoms with Crippen molar-refractivity contribution in [2.45, 2.75) is 40.5 Å². The second-order valence-electron chi connectivity index (χ2n) is 5.92. The minimum atomic E-state index is -0.318. The first-order chi connectivity index (χ1) is 8.20. The predicted octanol–water partition coefficient (Wildman–Crippen LogP) is 4.77. The highest BCUT2D eigenvalue weighted by Crippen LogP contribution is 2.28. The number of ketones is 1. The van der Waals surface area contributed by atoms with E-state index in [2.05, 4.69) is 43.6 Å². The van der Waals surface area contributed by atoms with E-state index in [1.165, 1.54) is 6.07 Å². The molecule has 0 bridgehead atoms. The lowest BCUT2D eigenvalue weighted by Gasteiger charge is -2.26. The third-order valence-electron chi connectivity index (χ3n) is 3.41. The molecular weight excluding hydrogens is 295 g/mol. The van der Waals surface area contributed by atoms with Crippen molar-refractivity contribution in [1.82, 2.24) is 0 Å². The van der Waals surface area contributed by atoms with Gasteiger partial charge in [-0.2, -0.15) is 0 Å². The number of halogens is 2. The second-order valence-corrected chi connectivity index (χ2v) is 6.84. The molecule has 0 aliphatic rings. The van der Waals surface area contributed by atoms with Crippen LogP contribution >= 0.6 is 15.9 Å². The summed E-state index contributed by atoms with van der Waals surface area (Å²) in [7, 11) is 0. The molecule has 0 aliphatic heterocycles. The molecule has 3 heteroatoms. The Hall–Kier alpha value is -0.700. The molecule has 0 saturated carbocycles. The van der Waals surface area contributed by atoms with E-state index in [9.17, 15) is 9.18 Å². The normalized spacial score (nSPS) is 13.4. The average molecular weight is 315 g/mol. The molecule has 0 radical (unpaired) electrons. The summed E-state index contributed by atoms with van der Waals surface area (Å²) in [5.41, 5.74) is 0.581. The average Bonchev–Trinajstić information content (AvgIpc) is 2.20. The first-order valence-electron chi connectivity index (χ1n) is 6.16. The molecule has 0 heterocycles. The summed E-state index contributed by atoms with van der Waals surface area (Å²) in [6, 6.07) is 4.83. The van der Waals surface area contributed by atoms with Crippen molar-refractivity contribution in [3.63, 3.8) is 0 Å². The standard InChI is InChI=1S/C15H20BrFO/c1-10(15(2,3)4)7-13(18)8-11-5-6-12(16)9-14(11)17/h5-6,9-10H,7-8H2,1-4H3. The number of carbonyl (C=O) groups is 1. The van der Waals surface area contributed by atoms with Gasteiger partial charge in [-0.05, 0) is 29.0 Å². The van der Waals surface area contributed by atoms with Crippen LogP contribution in [0.5, 0.6) is 0 Å². The van der Waals surface area contributed by atoms with Crippen molar-refractivity contribution in [2.75, 3.05) is 0 Å². The van der Waals surface area contributed by atoms with Crippen molar-refractivity contribution in [3.05, 3.63) is 34.1 Å². The van der Waals surface area contributed by atoms with Crippen LogP contribution in [0.2, 0.25) is 0 Å². The molecule has 0 aliphatic carbocycles. The van der Waals surface area contributed by atoms with Crippen molar-refractivity contribution in [2.24, 2.45) is 11.3 Å². The summed E-state index contributed by atoms with van der Waals surface area (Å²) in [6.45, 7) is 8.41. The topological polar surface area (TPSA) is 17.1 Å². The van der Waals surface area contributed by atoms with Gasteiger partial charge in [0.25, 0.3) is 0 Å². The Balaban J connectivity index is 2.65. The van der Waals surface area contributed by atoms with E-state index in [4.69, 9.17) is 0 Å². The Morgan fingerprint density at radius 2 is 2.00 bits per heavy atom. The lowest BCUT2D eigenvalue weighted by molar-refractivity contribution is -0.120. The molecule has 0 fully saturated rings. The lowest BCUT2D eigenvalue weighted by atomic mass is 9.79. The summed E-state index contributed by atoms with van der Waals surface area (Å²) in [5.74, 6) is 0.0725. The van der Waals surface area contributed by atoms with Gasteiger partial charge < -0.3 is 0 Å². The molecule has 0 saturated heterocycles. The largest absolute Gasteiger partial charge is 0.299 e. The van der Waals surface area contributed by atoms with Crippen LogP contribution in [0.15, 0.2) is 22.7 Å². The smallest absolute Gasteiger partial charge is 0.137 e. The number of hydrogen-bond donors (Lipinski definition) is 0. The fraction of sp³-hybridized carbons (Fsp3) is 0.533. The maximum Gasteiger partial charge on any atom is 0.137 e. The molecule has 1 unspecified atom stereocenters. The summed E-state index contributed by atoms with van der Waals surface area (Å²) >= 11 is 3.20. The van der Waals surface area contributed by atoms with Gasteiger partial charge in [0.05, 0.1) is 0 Å². The summed E-state index contributed by atoms with van der Waals surface area (Å²) in [5, 5.41) is 0. The Morgan fingerprint density at radius 1 is 1.39 bits per heavy atom. The number of rotatable bonds is 4. The van der Waals surface area contributed by atoms with Gasteiger partial charge in [0.2, 0.25) is 0 Å². The maximum absolute atomic E-state index is 13.6. The van der Waals surface area contributed by atoms with Crippen LogP contribution in [-0.4, -0.2) is 5.78 Å². The first kappa shape index (κ1) is 15.4. The molecule has 18 heavy (non-hydrogen) atoms. The minimum absolute atomic E-state index is 0.0960. The molecule has 1 rings (SSSR count). The minimum Gasteiger partial charge on any atom is -0.299 e. The van der Waals surface area contributed by atoms with Gasteiger partial charge >= 0.3 is 0 Å². The third kappa shape index (κ3) is 4.52. The summed E-state index contributed by atoms with van der Waals surface area (Å²) in [6.07, 6.45) is 0.679. The van der Waals surface area contributed by atoms with E-state index in [0.29, 0.717) is 22.4 Å². The van der Waals surface area contributed by atoms with Crippen LogP contribution in [0.1, 0.15) is 39.7 Å². The summed E-state index contributed by atoms with van der Waals surface area (Å²) in [4.78, 5) is 11.9. The first-order valence-corrected chi connectivity index (χ1v) is 6.95. The number of carbonyl (C=O) groups excluding carboxylic acids is 1. The molecule has 0 spiro atoms. The molecule has 0 amide bonds.